The Hall–Kier alpha value is -2.41. The summed E-state index contributed by atoms with van der Waals surface area (Å²) in [5.74, 6) is -1.67. The molecule has 116 valence electrons. The zero-order valence-electron chi connectivity index (χ0n) is 10.8. The third-order valence-corrected chi connectivity index (χ3v) is 3.10. The second-order valence-corrected chi connectivity index (χ2v) is 4.76. The Morgan fingerprint density at radius 1 is 1.05 bits per heavy atom. The summed E-state index contributed by atoms with van der Waals surface area (Å²) in [6.45, 7) is 0. The number of halogens is 4. The topological polar surface area (TPSA) is 69.6 Å². The fourth-order valence-corrected chi connectivity index (χ4v) is 1.91. The highest BCUT2D eigenvalue weighted by Gasteiger charge is 2.33. The van der Waals surface area contributed by atoms with Crippen LogP contribution >= 0.6 is 11.6 Å². The number of anilines is 1. The first kappa shape index (κ1) is 16.0. The lowest BCUT2D eigenvalue weighted by Crippen LogP contribution is -2.13. The lowest BCUT2D eigenvalue weighted by molar-refractivity contribution is -0.137. The van der Waals surface area contributed by atoms with E-state index in [0.717, 1.165) is 18.2 Å². The first-order valence-electron chi connectivity index (χ1n) is 5.88. The maximum absolute atomic E-state index is 12.7. The lowest BCUT2D eigenvalue weighted by atomic mass is 10.1. The van der Waals surface area contributed by atoms with Crippen LogP contribution in [0.5, 0.6) is 11.5 Å². The summed E-state index contributed by atoms with van der Waals surface area (Å²) in [4.78, 5) is 11.9. The Balaban J connectivity index is 2.27. The van der Waals surface area contributed by atoms with E-state index in [1.54, 1.807) is 0 Å². The van der Waals surface area contributed by atoms with Gasteiger partial charge < -0.3 is 15.5 Å². The Labute approximate surface area is 127 Å². The summed E-state index contributed by atoms with van der Waals surface area (Å²) in [5.41, 5.74) is -1.20. The molecule has 0 fully saturated rings. The van der Waals surface area contributed by atoms with E-state index < -0.39 is 34.2 Å². The van der Waals surface area contributed by atoms with E-state index in [-0.39, 0.29) is 11.3 Å². The third-order valence-electron chi connectivity index (χ3n) is 2.77. The van der Waals surface area contributed by atoms with Gasteiger partial charge >= 0.3 is 6.18 Å². The largest absolute Gasteiger partial charge is 0.504 e. The van der Waals surface area contributed by atoms with Gasteiger partial charge in [-0.05, 0) is 36.4 Å². The molecule has 4 nitrogen and oxygen atoms in total. The summed E-state index contributed by atoms with van der Waals surface area (Å²) in [5, 5.41) is 20.2. The molecule has 0 aliphatic carbocycles. The molecule has 0 aliphatic heterocycles. The molecule has 0 aliphatic rings. The molecule has 0 unspecified atom stereocenters. The molecule has 8 heteroatoms. The highest BCUT2D eigenvalue weighted by atomic mass is 35.5. The number of amides is 1. The van der Waals surface area contributed by atoms with Crippen LogP contribution in [-0.2, 0) is 6.18 Å². The summed E-state index contributed by atoms with van der Waals surface area (Å²) in [7, 11) is 0. The molecule has 0 atom stereocenters. The molecule has 0 bridgehead atoms. The van der Waals surface area contributed by atoms with Gasteiger partial charge in [0, 0.05) is 11.3 Å². The van der Waals surface area contributed by atoms with Gasteiger partial charge in [0.15, 0.2) is 11.5 Å². The molecule has 2 rings (SSSR count). The maximum Gasteiger partial charge on any atom is 0.417 e. The molecule has 0 saturated heterocycles. The van der Waals surface area contributed by atoms with E-state index in [1.807, 2.05) is 0 Å². The highest BCUT2D eigenvalue weighted by molar-refractivity contribution is 6.31. The van der Waals surface area contributed by atoms with E-state index >= 15 is 0 Å². The van der Waals surface area contributed by atoms with Gasteiger partial charge in [-0.1, -0.05) is 11.6 Å². The number of hydrogen-bond acceptors (Lipinski definition) is 3. The smallest absolute Gasteiger partial charge is 0.417 e. The van der Waals surface area contributed by atoms with Crippen molar-refractivity contribution in [3.8, 4) is 11.5 Å². The summed E-state index contributed by atoms with van der Waals surface area (Å²) in [6, 6.07) is 6.24. The maximum atomic E-state index is 12.7. The predicted molar refractivity (Wildman–Crippen MR) is 74.2 cm³/mol. The molecule has 22 heavy (non-hydrogen) atoms. The van der Waals surface area contributed by atoms with Crippen molar-refractivity contribution in [2.45, 2.75) is 6.18 Å². The SMILES string of the molecule is O=C(Nc1ccc(Cl)c(C(F)(F)F)c1)c1ccc(O)c(O)c1. The molecule has 0 spiro atoms. The van der Waals surface area contributed by atoms with Crippen LogP contribution in [0.3, 0.4) is 0 Å². The van der Waals surface area contributed by atoms with Gasteiger partial charge in [0.1, 0.15) is 0 Å². The van der Waals surface area contributed by atoms with Crippen molar-refractivity contribution >= 4 is 23.2 Å². The molecule has 0 saturated carbocycles. The highest BCUT2D eigenvalue weighted by Crippen LogP contribution is 2.36. The molecule has 0 aromatic heterocycles. The van der Waals surface area contributed by atoms with Crippen molar-refractivity contribution in [3.05, 3.63) is 52.5 Å². The molecular weight excluding hydrogens is 323 g/mol. The molecule has 3 N–H and O–H groups in total. The second kappa shape index (κ2) is 5.76. The van der Waals surface area contributed by atoms with Crippen molar-refractivity contribution in [1.82, 2.24) is 0 Å². The fourth-order valence-electron chi connectivity index (χ4n) is 1.69. The van der Waals surface area contributed by atoms with Crippen LogP contribution in [0.25, 0.3) is 0 Å². The van der Waals surface area contributed by atoms with E-state index in [1.165, 1.54) is 12.1 Å². The summed E-state index contributed by atoms with van der Waals surface area (Å²) < 4.78 is 38.2. The Morgan fingerprint density at radius 3 is 2.32 bits per heavy atom. The number of alkyl halides is 3. The summed E-state index contributed by atoms with van der Waals surface area (Å²) >= 11 is 5.48. The number of aromatic hydroxyl groups is 2. The minimum absolute atomic E-state index is 0.0289. The van der Waals surface area contributed by atoms with E-state index in [9.17, 15) is 23.1 Å². The number of nitrogens with one attached hydrogen (secondary N) is 1. The number of benzene rings is 2. The third kappa shape index (κ3) is 3.43. The van der Waals surface area contributed by atoms with Gasteiger partial charge in [-0.25, -0.2) is 0 Å². The van der Waals surface area contributed by atoms with Crippen molar-refractivity contribution < 1.29 is 28.2 Å². The normalized spacial score (nSPS) is 11.3. The van der Waals surface area contributed by atoms with Crippen molar-refractivity contribution in [3.63, 3.8) is 0 Å². The first-order chi connectivity index (χ1) is 10.2. The van der Waals surface area contributed by atoms with Crippen LogP contribution in [0.2, 0.25) is 5.02 Å². The van der Waals surface area contributed by atoms with Crippen LogP contribution in [-0.4, -0.2) is 16.1 Å². The zero-order valence-corrected chi connectivity index (χ0v) is 11.5. The number of phenols is 2. The van der Waals surface area contributed by atoms with Crippen LogP contribution in [0, 0.1) is 0 Å². The summed E-state index contributed by atoms with van der Waals surface area (Å²) in [6.07, 6.45) is -4.64. The monoisotopic (exact) mass is 331 g/mol. The first-order valence-corrected chi connectivity index (χ1v) is 6.26. The molecule has 0 radical (unpaired) electrons. The number of phenolic OH excluding ortho intramolecular Hbond substituents is 2. The molecule has 0 heterocycles. The van der Waals surface area contributed by atoms with Gasteiger partial charge in [-0.3, -0.25) is 4.79 Å². The second-order valence-electron chi connectivity index (χ2n) is 4.35. The van der Waals surface area contributed by atoms with Gasteiger partial charge in [0.25, 0.3) is 5.91 Å². The molecule has 1 amide bonds. The number of carbonyl (C=O) groups excluding carboxylic acids is 1. The average Bonchev–Trinajstić information content (AvgIpc) is 2.42. The number of rotatable bonds is 2. The lowest BCUT2D eigenvalue weighted by Gasteiger charge is -2.12. The standard InChI is InChI=1S/C14H9ClF3NO3/c15-10-3-2-8(6-9(10)14(16,17)18)19-13(22)7-1-4-11(20)12(21)5-7/h1-6,20-21H,(H,19,22). The van der Waals surface area contributed by atoms with Gasteiger partial charge in [0.2, 0.25) is 0 Å². The minimum Gasteiger partial charge on any atom is -0.504 e. The Kier molecular flexibility index (Phi) is 4.18. The molecule has 2 aromatic rings. The molecule has 2 aromatic carbocycles. The number of carbonyl (C=O) groups is 1. The van der Waals surface area contributed by atoms with E-state index in [4.69, 9.17) is 16.7 Å². The minimum atomic E-state index is -4.64. The van der Waals surface area contributed by atoms with Gasteiger partial charge in [0.05, 0.1) is 10.6 Å². The Morgan fingerprint density at radius 2 is 1.73 bits per heavy atom. The number of hydrogen-bond donors (Lipinski definition) is 3. The van der Waals surface area contributed by atoms with Crippen LogP contribution in [0.1, 0.15) is 15.9 Å². The van der Waals surface area contributed by atoms with Crippen molar-refractivity contribution in [2.75, 3.05) is 5.32 Å². The van der Waals surface area contributed by atoms with Crippen LogP contribution < -0.4 is 5.32 Å². The Bertz CT molecular complexity index is 732. The van der Waals surface area contributed by atoms with Gasteiger partial charge in [-0.2, -0.15) is 13.2 Å². The fraction of sp³-hybridized carbons (Fsp3) is 0.0714. The van der Waals surface area contributed by atoms with Crippen molar-refractivity contribution in [1.29, 1.82) is 0 Å². The average molecular weight is 332 g/mol. The van der Waals surface area contributed by atoms with Crippen LogP contribution in [0.15, 0.2) is 36.4 Å². The van der Waals surface area contributed by atoms with E-state index in [2.05, 4.69) is 5.32 Å². The van der Waals surface area contributed by atoms with Crippen molar-refractivity contribution in [2.24, 2.45) is 0 Å². The van der Waals surface area contributed by atoms with Crippen LogP contribution in [0.4, 0.5) is 18.9 Å². The van der Waals surface area contributed by atoms with E-state index in [0.29, 0.717) is 6.07 Å². The zero-order chi connectivity index (χ0) is 16.5. The van der Waals surface area contributed by atoms with Gasteiger partial charge in [-0.15, -0.1) is 0 Å². The predicted octanol–water partition coefficient (Wildman–Crippen LogP) is 4.02. The molecular formula is C14H9ClF3NO3. The quantitative estimate of drug-likeness (QED) is 0.728.